The number of rotatable bonds is 4. The Labute approximate surface area is 90.6 Å². The summed E-state index contributed by atoms with van der Waals surface area (Å²) in [5.41, 5.74) is 1.02. The summed E-state index contributed by atoms with van der Waals surface area (Å²) in [7, 11) is 2.15. The first kappa shape index (κ1) is 10.6. The Morgan fingerprint density at radius 2 is 2.33 bits per heavy atom. The van der Waals surface area contributed by atoms with Gasteiger partial charge in [-0.2, -0.15) is 0 Å². The fraction of sp³-hybridized carbons (Fsp3) is 0.727. The Bertz CT molecular complexity index is 267. The fourth-order valence-electron chi connectivity index (χ4n) is 2.17. The molecule has 0 aliphatic carbocycles. The lowest BCUT2D eigenvalue weighted by atomic mass is 9.98. The van der Waals surface area contributed by atoms with Crippen molar-refractivity contribution in [3.05, 3.63) is 18.0 Å². The van der Waals surface area contributed by atoms with E-state index in [0.717, 1.165) is 24.7 Å². The molecule has 1 aromatic rings. The average molecular weight is 209 g/mol. The molecule has 0 saturated carbocycles. The maximum atomic E-state index is 4.82. The van der Waals surface area contributed by atoms with Crippen LogP contribution in [-0.4, -0.2) is 36.7 Å². The zero-order valence-electron chi connectivity index (χ0n) is 9.28. The Kier molecular flexibility index (Phi) is 3.75. The molecular weight excluding hydrogens is 190 g/mol. The van der Waals surface area contributed by atoms with Crippen molar-refractivity contribution in [2.75, 3.05) is 26.7 Å². The predicted octanol–water partition coefficient (Wildman–Crippen LogP) is 1.11. The second-order valence-corrected chi connectivity index (χ2v) is 4.38. The van der Waals surface area contributed by atoms with Crippen LogP contribution in [0.1, 0.15) is 18.5 Å². The zero-order valence-corrected chi connectivity index (χ0v) is 9.28. The molecule has 1 N–H and O–H groups in total. The van der Waals surface area contributed by atoms with Gasteiger partial charge in [0.25, 0.3) is 0 Å². The molecule has 1 saturated heterocycles. The lowest BCUT2D eigenvalue weighted by Crippen LogP contribution is -2.34. The van der Waals surface area contributed by atoms with Crippen LogP contribution in [0.4, 0.5) is 0 Å². The molecule has 1 aromatic heterocycles. The van der Waals surface area contributed by atoms with Crippen molar-refractivity contribution in [3.8, 4) is 0 Å². The van der Waals surface area contributed by atoms with E-state index in [1.807, 2.05) is 6.07 Å². The van der Waals surface area contributed by atoms with Gasteiger partial charge >= 0.3 is 0 Å². The molecule has 0 aromatic carbocycles. The van der Waals surface area contributed by atoms with Gasteiger partial charge in [0.15, 0.2) is 0 Å². The maximum Gasteiger partial charge on any atom is 0.124 e. The number of piperidine rings is 1. The van der Waals surface area contributed by atoms with Crippen molar-refractivity contribution in [3.63, 3.8) is 0 Å². The third-order valence-corrected chi connectivity index (χ3v) is 2.95. The summed E-state index contributed by atoms with van der Waals surface area (Å²) >= 11 is 0. The third-order valence-electron chi connectivity index (χ3n) is 2.95. The molecule has 1 aliphatic rings. The first-order valence-electron chi connectivity index (χ1n) is 5.63. The largest absolute Gasteiger partial charge is 0.364 e. The molecule has 4 nitrogen and oxygen atoms in total. The van der Waals surface area contributed by atoms with Crippen LogP contribution in [0.25, 0.3) is 0 Å². The number of hydrogen-bond acceptors (Lipinski definition) is 4. The lowest BCUT2D eigenvalue weighted by molar-refractivity contribution is 0.229. The third kappa shape index (κ3) is 3.32. The summed E-state index contributed by atoms with van der Waals surface area (Å²) in [5.74, 6) is 0.836. The molecule has 0 unspecified atom stereocenters. The molecule has 1 fully saturated rings. The molecule has 84 valence electrons. The molecule has 0 bridgehead atoms. The molecule has 0 amide bonds. The van der Waals surface area contributed by atoms with Crippen LogP contribution in [-0.2, 0) is 6.54 Å². The summed E-state index contributed by atoms with van der Waals surface area (Å²) in [4.78, 5) is 2.33. The minimum Gasteiger partial charge on any atom is -0.364 e. The first-order valence-corrected chi connectivity index (χ1v) is 5.63. The highest BCUT2D eigenvalue weighted by Crippen LogP contribution is 2.13. The van der Waals surface area contributed by atoms with Crippen LogP contribution < -0.4 is 5.32 Å². The number of aromatic nitrogens is 1. The Morgan fingerprint density at radius 3 is 3.00 bits per heavy atom. The van der Waals surface area contributed by atoms with E-state index in [1.54, 1.807) is 6.26 Å². The molecule has 0 atom stereocenters. The molecule has 0 spiro atoms. The van der Waals surface area contributed by atoms with Gasteiger partial charge in [0.05, 0.1) is 5.69 Å². The van der Waals surface area contributed by atoms with Gasteiger partial charge in [0.2, 0.25) is 0 Å². The quantitative estimate of drug-likeness (QED) is 0.806. The van der Waals surface area contributed by atoms with Gasteiger partial charge in [0, 0.05) is 19.2 Å². The van der Waals surface area contributed by atoms with Gasteiger partial charge in [-0.25, -0.2) is 0 Å². The van der Waals surface area contributed by atoms with Crippen LogP contribution in [0.2, 0.25) is 0 Å². The molecule has 15 heavy (non-hydrogen) atoms. The van der Waals surface area contributed by atoms with Crippen molar-refractivity contribution in [1.29, 1.82) is 0 Å². The molecule has 0 radical (unpaired) electrons. The number of nitrogens with one attached hydrogen (secondary N) is 1. The van der Waals surface area contributed by atoms with Crippen molar-refractivity contribution >= 4 is 0 Å². The Balaban J connectivity index is 1.74. The highest BCUT2D eigenvalue weighted by molar-refractivity contribution is 4.94. The van der Waals surface area contributed by atoms with Gasteiger partial charge < -0.3 is 14.7 Å². The molecule has 4 heteroatoms. The molecule has 2 rings (SSSR count). The van der Waals surface area contributed by atoms with E-state index >= 15 is 0 Å². The van der Waals surface area contributed by atoms with E-state index < -0.39 is 0 Å². The van der Waals surface area contributed by atoms with Crippen molar-refractivity contribution < 1.29 is 4.52 Å². The van der Waals surface area contributed by atoms with E-state index in [2.05, 4.69) is 22.4 Å². The van der Waals surface area contributed by atoms with Gasteiger partial charge in [-0.1, -0.05) is 5.16 Å². The van der Waals surface area contributed by atoms with Crippen molar-refractivity contribution in [2.45, 2.75) is 19.4 Å². The van der Waals surface area contributed by atoms with E-state index in [4.69, 9.17) is 4.52 Å². The average Bonchev–Trinajstić information content (AvgIpc) is 2.71. The lowest BCUT2D eigenvalue weighted by Gasteiger charge is -2.26. The van der Waals surface area contributed by atoms with Gasteiger partial charge in [-0.3, -0.25) is 0 Å². The summed E-state index contributed by atoms with van der Waals surface area (Å²) in [6.07, 6.45) is 4.22. The normalized spacial score (nSPS) is 18.5. The topological polar surface area (TPSA) is 41.3 Å². The van der Waals surface area contributed by atoms with E-state index in [-0.39, 0.29) is 0 Å². The second kappa shape index (κ2) is 5.28. The molecular formula is C11H19N3O. The smallest absolute Gasteiger partial charge is 0.124 e. The highest BCUT2D eigenvalue weighted by Gasteiger charge is 2.15. The van der Waals surface area contributed by atoms with E-state index in [9.17, 15) is 0 Å². The SMILES string of the molecule is CN(Cc1ccon1)CC1CCNCC1. The highest BCUT2D eigenvalue weighted by atomic mass is 16.5. The van der Waals surface area contributed by atoms with Crippen LogP contribution in [0, 0.1) is 5.92 Å². The van der Waals surface area contributed by atoms with E-state index in [1.165, 1.54) is 25.9 Å². The predicted molar refractivity (Wildman–Crippen MR) is 58.4 cm³/mol. The van der Waals surface area contributed by atoms with Gasteiger partial charge in [-0.05, 0) is 38.9 Å². The summed E-state index contributed by atoms with van der Waals surface area (Å²) in [6, 6.07) is 1.93. The Morgan fingerprint density at radius 1 is 1.53 bits per heavy atom. The number of nitrogens with zero attached hydrogens (tertiary/aromatic N) is 2. The van der Waals surface area contributed by atoms with Gasteiger partial charge in [-0.15, -0.1) is 0 Å². The van der Waals surface area contributed by atoms with Crippen LogP contribution in [0.3, 0.4) is 0 Å². The summed E-state index contributed by atoms with van der Waals surface area (Å²) in [5, 5.41) is 7.31. The standard InChI is InChI=1S/C11H19N3O/c1-14(9-11-4-7-15-13-11)8-10-2-5-12-6-3-10/h4,7,10,12H,2-3,5-6,8-9H2,1H3. The van der Waals surface area contributed by atoms with Crippen molar-refractivity contribution in [1.82, 2.24) is 15.4 Å². The minimum absolute atomic E-state index is 0.836. The first-order chi connectivity index (χ1) is 7.34. The van der Waals surface area contributed by atoms with Crippen LogP contribution >= 0.6 is 0 Å². The second-order valence-electron chi connectivity index (χ2n) is 4.38. The van der Waals surface area contributed by atoms with Gasteiger partial charge in [0.1, 0.15) is 6.26 Å². The van der Waals surface area contributed by atoms with Crippen LogP contribution in [0.15, 0.2) is 16.9 Å². The minimum atomic E-state index is 0.836. The molecule has 2 heterocycles. The fourth-order valence-corrected chi connectivity index (χ4v) is 2.17. The maximum absolute atomic E-state index is 4.82. The summed E-state index contributed by atoms with van der Waals surface area (Å²) < 4.78 is 4.82. The zero-order chi connectivity index (χ0) is 10.5. The summed E-state index contributed by atoms with van der Waals surface area (Å²) in [6.45, 7) is 4.39. The Hall–Kier alpha value is -0.870. The van der Waals surface area contributed by atoms with Crippen LogP contribution in [0.5, 0.6) is 0 Å². The molecule has 1 aliphatic heterocycles. The van der Waals surface area contributed by atoms with E-state index in [0.29, 0.717) is 0 Å². The monoisotopic (exact) mass is 209 g/mol. The number of hydrogen-bond donors (Lipinski definition) is 1. The van der Waals surface area contributed by atoms with Crippen molar-refractivity contribution in [2.24, 2.45) is 5.92 Å².